The molecule has 5 rings (SSSR count). The molecule has 200 valence electrons. The predicted octanol–water partition coefficient (Wildman–Crippen LogP) is 6.21. The van der Waals surface area contributed by atoms with Crippen molar-refractivity contribution in [2.75, 3.05) is 33.4 Å². The maximum Gasteiger partial charge on any atom is 0.254 e. The molecular formula is C32H31FN2O3S. The van der Waals surface area contributed by atoms with Gasteiger partial charge in [-0.1, -0.05) is 54.6 Å². The number of carbonyl (C=O) groups excluding carboxylic acids is 2. The molecule has 0 bridgehead atoms. The van der Waals surface area contributed by atoms with Gasteiger partial charge in [0.05, 0.1) is 6.04 Å². The Labute approximate surface area is 232 Å². The fourth-order valence-corrected chi connectivity index (χ4v) is 6.02. The van der Waals surface area contributed by atoms with Gasteiger partial charge >= 0.3 is 0 Å². The first-order valence-corrected chi connectivity index (χ1v) is 14.0. The van der Waals surface area contributed by atoms with Crippen molar-refractivity contribution in [1.82, 2.24) is 9.80 Å². The maximum atomic E-state index is 13.8. The number of thiophene rings is 1. The van der Waals surface area contributed by atoms with Crippen LogP contribution < -0.4 is 0 Å². The number of fused-ring (bicyclic) bond motifs is 1. The number of hydrogen-bond donors (Lipinski definition) is 0. The first kappa shape index (κ1) is 26.8. The molecule has 0 spiro atoms. The number of methoxy groups -OCH3 is 1. The third-order valence-electron chi connectivity index (χ3n) is 7.10. The lowest BCUT2D eigenvalue weighted by Gasteiger charge is -2.37. The third-order valence-corrected chi connectivity index (χ3v) is 8.10. The molecule has 0 aliphatic carbocycles. The number of carbonyl (C=O) groups is 2. The van der Waals surface area contributed by atoms with Gasteiger partial charge in [-0.15, -0.1) is 11.3 Å². The molecule has 1 aliphatic heterocycles. The summed E-state index contributed by atoms with van der Waals surface area (Å²) in [6, 6.07) is 25.6. The Morgan fingerprint density at radius 1 is 0.974 bits per heavy atom. The van der Waals surface area contributed by atoms with E-state index in [4.69, 9.17) is 4.74 Å². The zero-order chi connectivity index (χ0) is 27.2. The van der Waals surface area contributed by atoms with E-state index in [-0.39, 0.29) is 30.2 Å². The summed E-state index contributed by atoms with van der Waals surface area (Å²) in [5.41, 5.74) is 4.57. The minimum Gasteiger partial charge on any atom is -0.385 e. The van der Waals surface area contributed by atoms with Gasteiger partial charge in [-0.25, -0.2) is 4.39 Å². The van der Waals surface area contributed by atoms with Crippen molar-refractivity contribution in [2.45, 2.75) is 18.9 Å². The van der Waals surface area contributed by atoms with E-state index in [2.05, 4.69) is 0 Å². The average molecular weight is 543 g/mol. The summed E-state index contributed by atoms with van der Waals surface area (Å²) in [4.78, 5) is 32.1. The Bertz CT molecular complexity index is 1400. The molecule has 1 atom stereocenters. The largest absolute Gasteiger partial charge is 0.385 e. The van der Waals surface area contributed by atoms with Crippen molar-refractivity contribution < 1.29 is 18.7 Å². The summed E-state index contributed by atoms with van der Waals surface area (Å²) >= 11 is 1.68. The predicted molar refractivity (Wildman–Crippen MR) is 152 cm³/mol. The van der Waals surface area contributed by atoms with E-state index in [0.717, 1.165) is 28.7 Å². The van der Waals surface area contributed by atoms with Gasteiger partial charge in [0, 0.05) is 37.2 Å². The molecule has 3 aromatic carbocycles. The third kappa shape index (κ3) is 6.10. The highest BCUT2D eigenvalue weighted by atomic mass is 32.1. The fourth-order valence-electron chi connectivity index (χ4n) is 5.11. The van der Waals surface area contributed by atoms with Gasteiger partial charge < -0.3 is 14.5 Å². The van der Waals surface area contributed by atoms with E-state index in [0.29, 0.717) is 31.7 Å². The van der Waals surface area contributed by atoms with E-state index in [1.807, 2.05) is 70.9 Å². The molecule has 1 aromatic heterocycles. The zero-order valence-electron chi connectivity index (χ0n) is 21.9. The van der Waals surface area contributed by atoms with E-state index >= 15 is 0 Å². The van der Waals surface area contributed by atoms with Crippen molar-refractivity contribution in [3.63, 3.8) is 0 Å². The van der Waals surface area contributed by atoms with Gasteiger partial charge in [-0.3, -0.25) is 9.59 Å². The second-order valence-electron chi connectivity index (χ2n) is 9.61. The SMILES string of the molecule is COCCCN(CC(=O)N1CCc2sccc2C1c1ccc(F)cc1)C(=O)c1ccc(-c2ccccc2)cc1. The molecular weight excluding hydrogens is 511 g/mol. The molecule has 1 unspecified atom stereocenters. The van der Waals surface area contributed by atoms with Crippen LogP contribution in [-0.2, 0) is 16.0 Å². The zero-order valence-corrected chi connectivity index (χ0v) is 22.7. The Morgan fingerprint density at radius 3 is 2.41 bits per heavy atom. The molecule has 2 amide bonds. The summed E-state index contributed by atoms with van der Waals surface area (Å²) in [7, 11) is 1.62. The molecule has 1 aliphatic rings. The molecule has 0 saturated carbocycles. The number of ether oxygens (including phenoxy) is 1. The molecule has 5 nitrogen and oxygen atoms in total. The van der Waals surface area contributed by atoms with Crippen molar-refractivity contribution in [3.8, 4) is 11.1 Å². The number of benzene rings is 3. The first-order chi connectivity index (χ1) is 19.0. The van der Waals surface area contributed by atoms with Crippen LogP contribution >= 0.6 is 11.3 Å². The lowest BCUT2D eigenvalue weighted by molar-refractivity contribution is -0.134. The van der Waals surface area contributed by atoms with Crippen LogP contribution in [-0.4, -0.2) is 55.0 Å². The second-order valence-corrected chi connectivity index (χ2v) is 10.6. The standard InChI is InChI=1S/C32H31FN2O3S/c1-38-20-5-18-34(32(37)26-10-8-24(9-11-26)23-6-3-2-4-7-23)22-30(36)35-19-16-29-28(17-21-39-29)31(35)25-12-14-27(33)15-13-25/h2-4,6-15,17,21,31H,5,16,18-20,22H2,1H3. The van der Waals surface area contributed by atoms with E-state index < -0.39 is 0 Å². The number of nitrogens with zero attached hydrogens (tertiary/aromatic N) is 2. The van der Waals surface area contributed by atoms with Gasteiger partial charge in [0.25, 0.3) is 5.91 Å². The van der Waals surface area contributed by atoms with E-state index in [1.54, 1.807) is 35.5 Å². The molecule has 4 aromatic rings. The fraction of sp³-hybridized carbons (Fsp3) is 0.250. The van der Waals surface area contributed by atoms with Crippen LogP contribution in [0.15, 0.2) is 90.3 Å². The summed E-state index contributed by atoms with van der Waals surface area (Å²) < 4.78 is 18.9. The van der Waals surface area contributed by atoms with E-state index in [9.17, 15) is 14.0 Å². The van der Waals surface area contributed by atoms with Gasteiger partial charge in [-0.05, 0) is 70.8 Å². The van der Waals surface area contributed by atoms with Crippen molar-refractivity contribution in [2.24, 2.45) is 0 Å². The van der Waals surface area contributed by atoms with Gasteiger partial charge in [-0.2, -0.15) is 0 Å². The number of halogens is 1. The number of amides is 2. The number of rotatable bonds is 9. The molecule has 2 heterocycles. The molecule has 39 heavy (non-hydrogen) atoms. The highest BCUT2D eigenvalue weighted by molar-refractivity contribution is 7.10. The van der Waals surface area contributed by atoms with Crippen LogP contribution in [0.4, 0.5) is 4.39 Å². The molecule has 0 radical (unpaired) electrons. The Morgan fingerprint density at radius 2 is 1.69 bits per heavy atom. The minimum atomic E-state index is -0.314. The first-order valence-electron chi connectivity index (χ1n) is 13.1. The van der Waals surface area contributed by atoms with Crippen LogP contribution in [0, 0.1) is 5.82 Å². The van der Waals surface area contributed by atoms with Crippen molar-refractivity contribution >= 4 is 23.2 Å². The van der Waals surface area contributed by atoms with Crippen LogP contribution in [0.2, 0.25) is 0 Å². The summed E-state index contributed by atoms with van der Waals surface area (Å²) in [6.45, 7) is 1.39. The van der Waals surface area contributed by atoms with Crippen LogP contribution in [0.25, 0.3) is 11.1 Å². The van der Waals surface area contributed by atoms with Crippen LogP contribution in [0.3, 0.4) is 0 Å². The molecule has 0 saturated heterocycles. The smallest absolute Gasteiger partial charge is 0.254 e. The average Bonchev–Trinajstić information content (AvgIpc) is 3.46. The minimum absolute atomic E-state index is 0.0415. The van der Waals surface area contributed by atoms with Gasteiger partial charge in [0.2, 0.25) is 5.91 Å². The highest BCUT2D eigenvalue weighted by Crippen LogP contribution is 2.38. The van der Waals surface area contributed by atoms with Crippen molar-refractivity contribution in [1.29, 1.82) is 0 Å². The summed E-state index contributed by atoms with van der Waals surface area (Å²) in [5, 5.41) is 2.04. The maximum absolute atomic E-state index is 13.8. The monoisotopic (exact) mass is 542 g/mol. The normalized spacial score (nSPS) is 14.6. The van der Waals surface area contributed by atoms with Gasteiger partial charge in [0.1, 0.15) is 12.4 Å². The van der Waals surface area contributed by atoms with Crippen LogP contribution in [0.1, 0.15) is 38.8 Å². The molecule has 7 heteroatoms. The topological polar surface area (TPSA) is 49.9 Å². The highest BCUT2D eigenvalue weighted by Gasteiger charge is 2.34. The van der Waals surface area contributed by atoms with Crippen LogP contribution in [0.5, 0.6) is 0 Å². The Hall–Kier alpha value is -3.81. The van der Waals surface area contributed by atoms with Crippen molar-refractivity contribution in [3.05, 3.63) is 118 Å². The molecule has 0 N–H and O–H groups in total. The Balaban J connectivity index is 1.38. The quantitative estimate of drug-likeness (QED) is 0.237. The van der Waals surface area contributed by atoms with E-state index in [1.165, 1.54) is 17.0 Å². The van der Waals surface area contributed by atoms with Gasteiger partial charge in [0.15, 0.2) is 0 Å². The Kier molecular flexibility index (Phi) is 8.49. The second kappa shape index (κ2) is 12.4. The lowest BCUT2D eigenvalue weighted by atomic mass is 9.93. The lowest BCUT2D eigenvalue weighted by Crippen LogP contribution is -2.47. The summed E-state index contributed by atoms with van der Waals surface area (Å²) in [6.07, 6.45) is 1.38. The molecule has 0 fully saturated rings. The summed E-state index contributed by atoms with van der Waals surface area (Å²) in [5.74, 6) is -0.635. The number of hydrogen-bond acceptors (Lipinski definition) is 4.